The van der Waals surface area contributed by atoms with Crippen molar-refractivity contribution in [1.29, 1.82) is 0 Å². The van der Waals surface area contributed by atoms with Crippen molar-refractivity contribution in [1.82, 2.24) is 14.9 Å². The van der Waals surface area contributed by atoms with Crippen molar-refractivity contribution < 1.29 is 4.79 Å². The number of aromatic nitrogens is 2. The van der Waals surface area contributed by atoms with Gasteiger partial charge in [0.05, 0.1) is 17.6 Å². The van der Waals surface area contributed by atoms with Gasteiger partial charge in [0.15, 0.2) is 5.13 Å². The van der Waals surface area contributed by atoms with Gasteiger partial charge in [-0.15, -0.1) is 11.3 Å². The number of carbonyl (C=O) groups excluding carboxylic acids is 1. The van der Waals surface area contributed by atoms with E-state index in [0.29, 0.717) is 5.56 Å². The van der Waals surface area contributed by atoms with Crippen LogP contribution in [0.5, 0.6) is 0 Å². The van der Waals surface area contributed by atoms with Crippen LogP contribution in [0.1, 0.15) is 34.3 Å². The SMILES string of the molecule is Cc1ccc(NC(=O)c2ccc(CN3CCCC3)cc2)cc1N(c1cccnc1)c1nccs1. The summed E-state index contributed by atoms with van der Waals surface area (Å²) in [7, 11) is 0. The third-order valence-electron chi connectivity index (χ3n) is 6.04. The normalized spacial score (nSPS) is 13.7. The molecule has 1 aliphatic heterocycles. The zero-order chi connectivity index (χ0) is 23.3. The molecule has 172 valence electrons. The highest BCUT2D eigenvalue weighted by Crippen LogP contribution is 2.38. The highest BCUT2D eigenvalue weighted by Gasteiger charge is 2.18. The van der Waals surface area contributed by atoms with Crippen LogP contribution in [0.2, 0.25) is 0 Å². The van der Waals surface area contributed by atoms with Gasteiger partial charge in [-0.2, -0.15) is 0 Å². The Hall–Kier alpha value is -3.55. The molecule has 0 atom stereocenters. The first-order valence-corrected chi connectivity index (χ1v) is 12.4. The van der Waals surface area contributed by atoms with Gasteiger partial charge in [0.2, 0.25) is 0 Å². The van der Waals surface area contributed by atoms with Crippen LogP contribution in [-0.2, 0) is 6.54 Å². The van der Waals surface area contributed by atoms with Crippen LogP contribution in [0.15, 0.2) is 78.6 Å². The fourth-order valence-electron chi connectivity index (χ4n) is 4.26. The number of rotatable bonds is 7. The Morgan fingerprint density at radius 3 is 2.62 bits per heavy atom. The number of aryl methyl sites for hydroxylation is 1. The maximum atomic E-state index is 13.0. The Morgan fingerprint density at radius 2 is 1.91 bits per heavy atom. The van der Waals surface area contributed by atoms with Crippen molar-refractivity contribution in [2.45, 2.75) is 26.3 Å². The maximum absolute atomic E-state index is 13.0. The molecular weight excluding hydrogens is 442 g/mol. The summed E-state index contributed by atoms with van der Waals surface area (Å²) in [6.45, 7) is 5.32. The van der Waals surface area contributed by atoms with Gasteiger partial charge in [0.25, 0.3) is 5.91 Å². The Kier molecular flexibility index (Phi) is 6.65. The molecule has 34 heavy (non-hydrogen) atoms. The van der Waals surface area contributed by atoms with Gasteiger partial charge in [-0.3, -0.25) is 19.6 Å². The topological polar surface area (TPSA) is 61.4 Å². The molecule has 4 aromatic rings. The molecule has 2 aromatic heterocycles. The molecule has 0 bridgehead atoms. The lowest BCUT2D eigenvalue weighted by atomic mass is 10.1. The molecule has 0 radical (unpaired) electrons. The molecule has 2 aromatic carbocycles. The first-order chi connectivity index (χ1) is 16.7. The smallest absolute Gasteiger partial charge is 0.255 e. The summed E-state index contributed by atoms with van der Waals surface area (Å²) in [5, 5.41) is 5.85. The van der Waals surface area contributed by atoms with Crippen LogP contribution in [0, 0.1) is 6.92 Å². The van der Waals surface area contributed by atoms with E-state index in [2.05, 4.69) is 44.1 Å². The minimum absolute atomic E-state index is 0.121. The average Bonchev–Trinajstić information content (AvgIpc) is 3.57. The first kappa shape index (κ1) is 22.3. The summed E-state index contributed by atoms with van der Waals surface area (Å²) in [6, 6.07) is 17.8. The number of amides is 1. The monoisotopic (exact) mass is 469 g/mol. The van der Waals surface area contributed by atoms with Crippen LogP contribution in [0.25, 0.3) is 0 Å². The molecule has 1 aliphatic rings. The van der Waals surface area contributed by atoms with Gasteiger partial charge >= 0.3 is 0 Å². The molecule has 0 saturated carbocycles. The summed E-state index contributed by atoms with van der Waals surface area (Å²) in [4.78, 5) is 26.3. The lowest BCUT2D eigenvalue weighted by Crippen LogP contribution is -2.18. The van der Waals surface area contributed by atoms with E-state index in [9.17, 15) is 4.79 Å². The molecule has 5 rings (SSSR count). The molecule has 3 heterocycles. The quantitative estimate of drug-likeness (QED) is 0.351. The molecule has 7 heteroatoms. The number of nitrogens with zero attached hydrogens (tertiary/aromatic N) is 4. The Balaban J connectivity index is 1.36. The number of pyridine rings is 1. The highest BCUT2D eigenvalue weighted by atomic mass is 32.1. The predicted molar refractivity (Wildman–Crippen MR) is 138 cm³/mol. The van der Waals surface area contributed by atoms with E-state index < -0.39 is 0 Å². The molecule has 6 nitrogen and oxygen atoms in total. The van der Waals surface area contributed by atoms with E-state index in [1.807, 2.05) is 54.0 Å². The minimum atomic E-state index is -0.121. The second-order valence-electron chi connectivity index (χ2n) is 8.50. The molecule has 0 spiro atoms. The fraction of sp³-hybridized carbons (Fsp3) is 0.222. The molecule has 0 aliphatic carbocycles. The van der Waals surface area contributed by atoms with Gasteiger partial charge in [0.1, 0.15) is 0 Å². The summed E-state index contributed by atoms with van der Waals surface area (Å²) < 4.78 is 0. The number of nitrogens with one attached hydrogen (secondary N) is 1. The van der Waals surface area contributed by atoms with Crippen LogP contribution in [-0.4, -0.2) is 33.9 Å². The number of hydrogen-bond acceptors (Lipinski definition) is 6. The van der Waals surface area contributed by atoms with E-state index in [-0.39, 0.29) is 5.91 Å². The third kappa shape index (κ3) is 5.00. The zero-order valence-electron chi connectivity index (χ0n) is 19.1. The predicted octanol–water partition coefficient (Wildman–Crippen LogP) is 6.16. The van der Waals surface area contributed by atoms with E-state index >= 15 is 0 Å². The van der Waals surface area contributed by atoms with Crippen molar-refractivity contribution in [3.8, 4) is 0 Å². The molecule has 1 N–H and O–H groups in total. The van der Waals surface area contributed by atoms with Gasteiger partial charge < -0.3 is 5.32 Å². The van der Waals surface area contributed by atoms with Gasteiger partial charge in [-0.05, 0) is 80.4 Å². The lowest BCUT2D eigenvalue weighted by Gasteiger charge is -2.24. The van der Waals surface area contributed by atoms with E-state index in [1.54, 1.807) is 23.7 Å². The van der Waals surface area contributed by atoms with Gasteiger partial charge in [-0.25, -0.2) is 4.98 Å². The van der Waals surface area contributed by atoms with Crippen molar-refractivity contribution >= 4 is 39.4 Å². The van der Waals surface area contributed by atoms with Crippen LogP contribution in [0.3, 0.4) is 0 Å². The number of hydrogen-bond donors (Lipinski definition) is 1. The number of benzene rings is 2. The third-order valence-corrected chi connectivity index (χ3v) is 6.80. The van der Waals surface area contributed by atoms with Crippen LogP contribution >= 0.6 is 11.3 Å². The molecule has 1 saturated heterocycles. The number of likely N-dealkylation sites (tertiary alicyclic amines) is 1. The number of carbonyl (C=O) groups is 1. The average molecular weight is 470 g/mol. The Morgan fingerprint density at radius 1 is 1.09 bits per heavy atom. The number of thiazole rings is 1. The fourth-order valence-corrected chi connectivity index (χ4v) is 4.93. The van der Waals surface area contributed by atoms with Crippen molar-refractivity contribution in [3.63, 3.8) is 0 Å². The van der Waals surface area contributed by atoms with Crippen molar-refractivity contribution in [2.75, 3.05) is 23.3 Å². The summed E-state index contributed by atoms with van der Waals surface area (Å²) in [5.41, 5.74) is 5.56. The Bertz CT molecular complexity index is 1240. The van der Waals surface area contributed by atoms with Crippen molar-refractivity contribution in [2.24, 2.45) is 0 Å². The molecule has 1 fully saturated rings. The lowest BCUT2D eigenvalue weighted by molar-refractivity contribution is 0.102. The van der Waals surface area contributed by atoms with E-state index in [1.165, 1.54) is 18.4 Å². The molecule has 0 unspecified atom stereocenters. The Labute approximate surface area is 203 Å². The highest BCUT2D eigenvalue weighted by molar-refractivity contribution is 7.13. The van der Waals surface area contributed by atoms with Crippen LogP contribution in [0.4, 0.5) is 22.2 Å². The second-order valence-corrected chi connectivity index (χ2v) is 9.37. The molecular formula is C27H27N5OS. The van der Waals surface area contributed by atoms with E-state index in [0.717, 1.165) is 47.4 Å². The second kappa shape index (κ2) is 10.2. The minimum Gasteiger partial charge on any atom is -0.322 e. The van der Waals surface area contributed by atoms with Crippen LogP contribution < -0.4 is 10.2 Å². The standard InChI is InChI=1S/C27H27N5OS/c1-20-6-11-23(17-25(20)32(27-29-13-16-34-27)24-5-4-12-28-18-24)30-26(33)22-9-7-21(8-10-22)19-31-14-2-3-15-31/h4-13,16-18H,2-3,14-15,19H2,1H3,(H,30,33). The van der Waals surface area contributed by atoms with E-state index in [4.69, 9.17) is 0 Å². The van der Waals surface area contributed by atoms with Gasteiger partial charge in [0, 0.05) is 35.6 Å². The van der Waals surface area contributed by atoms with Gasteiger partial charge in [-0.1, -0.05) is 18.2 Å². The molecule has 1 amide bonds. The number of anilines is 4. The maximum Gasteiger partial charge on any atom is 0.255 e. The first-order valence-electron chi connectivity index (χ1n) is 11.5. The summed E-state index contributed by atoms with van der Waals surface area (Å²) in [6.07, 6.45) is 7.91. The van der Waals surface area contributed by atoms with Crippen molar-refractivity contribution in [3.05, 3.63) is 95.3 Å². The summed E-state index contributed by atoms with van der Waals surface area (Å²) >= 11 is 1.55. The zero-order valence-corrected chi connectivity index (χ0v) is 20.0. The summed E-state index contributed by atoms with van der Waals surface area (Å²) in [5.74, 6) is -0.121. The largest absolute Gasteiger partial charge is 0.322 e.